The molecule has 112 valence electrons. The van der Waals surface area contributed by atoms with Gasteiger partial charge < -0.3 is 4.90 Å². The molecule has 0 amide bonds. The zero-order valence-corrected chi connectivity index (χ0v) is 14.2. The molecule has 0 spiro atoms. The van der Waals surface area contributed by atoms with Gasteiger partial charge in [-0.25, -0.2) is 0 Å². The second-order valence-electron chi connectivity index (χ2n) is 5.64. The van der Waals surface area contributed by atoms with Crippen LogP contribution in [0.4, 0.5) is 5.69 Å². The summed E-state index contributed by atoms with van der Waals surface area (Å²) in [6, 6.07) is 8.48. The molecule has 1 N–H and O–H groups in total. The number of hydrogen-bond donors (Lipinski definition) is 1. The Morgan fingerprint density at radius 3 is 2.48 bits per heavy atom. The van der Waals surface area contributed by atoms with E-state index in [0.29, 0.717) is 0 Å². The number of rotatable bonds is 3. The first-order chi connectivity index (χ1) is 10.1. The number of nitrogens with zero attached hydrogens (tertiary/aromatic N) is 3. The van der Waals surface area contributed by atoms with Crippen molar-refractivity contribution in [1.29, 1.82) is 0 Å². The Labute approximate surface area is 134 Å². The Balaban J connectivity index is 1.62. The lowest BCUT2D eigenvalue weighted by atomic mass is 10.2. The molecular formula is C16H21BrN4. The monoisotopic (exact) mass is 348 g/mol. The molecule has 2 heterocycles. The van der Waals surface area contributed by atoms with Crippen LogP contribution < -0.4 is 4.90 Å². The molecule has 1 saturated heterocycles. The van der Waals surface area contributed by atoms with Crippen LogP contribution in [0.1, 0.15) is 17.0 Å². The highest BCUT2D eigenvalue weighted by molar-refractivity contribution is 9.10. The van der Waals surface area contributed by atoms with Crippen molar-refractivity contribution in [2.45, 2.75) is 20.4 Å². The third kappa shape index (κ3) is 3.14. The minimum atomic E-state index is 1.01. The minimum absolute atomic E-state index is 1.01. The zero-order chi connectivity index (χ0) is 14.8. The van der Waals surface area contributed by atoms with Crippen molar-refractivity contribution < 1.29 is 0 Å². The number of H-pyrrole nitrogens is 1. The van der Waals surface area contributed by atoms with Gasteiger partial charge in [-0.05, 0) is 25.5 Å². The van der Waals surface area contributed by atoms with Crippen molar-refractivity contribution in [2.24, 2.45) is 0 Å². The van der Waals surface area contributed by atoms with Gasteiger partial charge in [0.25, 0.3) is 0 Å². The first kappa shape index (κ1) is 14.6. The van der Waals surface area contributed by atoms with Gasteiger partial charge >= 0.3 is 0 Å². The first-order valence-corrected chi connectivity index (χ1v) is 8.16. The topological polar surface area (TPSA) is 35.2 Å². The maximum Gasteiger partial charge on any atom is 0.0827 e. The fourth-order valence-corrected chi connectivity index (χ4v) is 3.42. The third-order valence-electron chi connectivity index (χ3n) is 4.13. The molecule has 2 aromatic rings. The fraction of sp³-hybridized carbons (Fsp3) is 0.438. The van der Waals surface area contributed by atoms with Crippen LogP contribution in [0.2, 0.25) is 0 Å². The Morgan fingerprint density at radius 1 is 1.14 bits per heavy atom. The summed E-state index contributed by atoms with van der Waals surface area (Å²) in [7, 11) is 0. The summed E-state index contributed by atoms with van der Waals surface area (Å²) >= 11 is 3.64. The SMILES string of the molecule is Cc1n[nH]c(C)c1N1CCN(Cc2ccccc2Br)CC1. The summed E-state index contributed by atoms with van der Waals surface area (Å²) < 4.78 is 1.20. The average Bonchev–Trinajstić information content (AvgIpc) is 2.82. The number of hydrogen-bond acceptors (Lipinski definition) is 3. The van der Waals surface area contributed by atoms with Crippen molar-refractivity contribution in [1.82, 2.24) is 15.1 Å². The maximum absolute atomic E-state index is 4.30. The number of anilines is 1. The molecule has 1 aliphatic rings. The quantitative estimate of drug-likeness (QED) is 0.925. The standard InChI is InChI=1S/C16H21BrN4/c1-12-16(13(2)19-18-12)21-9-7-20(8-10-21)11-14-5-3-4-6-15(14)17/h3-6H,7-11H2,1-2H3,(H,18,19). The molecule has 5 heteroatoms. The van der Waals surface area contributed by atoms with Crippen molar-refractivity contribution in [3.63, 3.8) is 0 Å². The zero-order valence-electron chi connectivity index (χ0n) is 12.6. The number of benzene rings is 1. The maximum atomic E-state index is 4.30. The number of aromatic nitrogens is 2. The number of halogens is 1. The number of piperazine rings is 1. The van der Waals surface area contributed by atoms with Crippen LogP contribution in [0.3, 0.4) is 0 Å². The number of nitrogens with one attached hydrogen (secondary N) is 1. The summed E-state index contributed by atoms with van der Waals surface area (Å²) in [4.78, 5) is 4.96. The average molecular weight is 349 g/mol. The Hall–Kier alpha value is -1.33. The van der Waals surface area contributed by atoms with Gasteiger partial charge in [-0.2, -0.15) is 5.10 Å². The van der Waals surface area contributed by atoms with Gasteiger partial charge in [0.2, 0.25) is 0 Å². The van der Waals surface area contributed by atoms with E-state index in [1.165, 1.54) is 21.4 Å². The second kappa shape index (κ2) is 6.20. The Bertz CT molecular complexity index is 595. The van der Waals surface area contributed by atoms with Crippen LogP contribution in [-0.2, 0) is 6.54 Å². The van der Waals surface area contributed by atoms with Crippen LogP contribution in [0.25, 0.3) is 0 Å². The van der Waals surface area contributed by atoms with Crippen molar-refractivity contribution in [3.05, 3.63) is 45.7 Å². The van der Waals surface area contributed by atoms with E-state index < -0.39 is 0 Å². The van der Waals surface area contributed by atoms with E-state index >= 15 is 0 Å². The van der Waals surface area contributed by atoms with E-state index in [2.05, 4.69) is 74.0 Å². The van der Waals surface area contributed by atoms with E-state index in [4.69, 9.17) is 0 Å². The number of aryl methyl sites for hydroxylation is 2. The first-order valence-electron chi connectivity index (χ1n) is 7.37. The normalized spacial score (nSPS) is 16.4. The molecule has 21 heavy (non-hydrogen) atoms. The summed E-state index contributed by atoms with van der Waals surface area (Å²) in [5.41, 5.74) is 4.93. The highest BCUT2D eigenvalue weighted by atomic mass is 79.9. The van der Waals surface area contributed by atoms with E-state index in [-0.39, 0.29) is 0 Å². The van der Waals surface area contributed by atoms with Crippen molar-refractivity contribution in [2.75, 3.05) is 31.1 Å². The lowest BCUT2D eigenvalue weighted by molar-refractivity contribution is 0.249. The van der Waals surface area contributed by atoms with E-state index in [1.807, 2.05) is 0 Å². The largest absolute Gasteiger partial charge is 0.366 e. The van der Waals surface area contributed by atoms with Gasteiger partial charge in [0.05, 0.1) is 17.1 Å². The summed E-state index contributed by atoms with van der Waals surface area (Å²) in [6.45, 7) is 9.49. The molecule has 4 nitrogen and oxygen atoms in total. The molecule has 1 aromatic heterocycles. The smallest absolute Gasteiger partial charge is 0.0827 e. The summed E-state index contributed by atoms with van der Waals surface area (Å²) in [6.07, 6.45) is 0. The molecule has 1 aromatic carbocycles. The lowest BCUT2D eigenvalue weighted by Gasteiger charge is -2.36. The molecule has 0 bridgehead atoms. The van der Waals surface area contributed by atoms with E-state index in [1.54, 1.807) is 0 Å². The molecule has 0 aliphatic carbocycles. The molecule has 0 radical (unpaired) electrons. The third-order valence-corrected chi connectivity index (χ3v) is 4.90. The predicted octanol–water partition coefficient (Wildman–Crippen LogP) is 3.11. The van der Waals surface area contributed by atoms with E-state index in [0.717, 1.165) is 38.4 Å². The van der Waals surface area contributed by atoms with Crippen LogP contribution in [-0.4, -0.2) is 41.3 Å². The molecule has 0 atom stereocenters. The Kier molecular flexibility index (Phi) is 4.31. The number of aromatic amines is 1. The molecule has 3 rings (SSSR count). The van der Waals surface area contributed by atoms with Crippen molar-refractivity contribution >= 4 is 21.6 Å². The van der Waals surface area contributed by atoms with Crippen LogP contribution in [0, 0.1) is 13.8 Å². The van der Waals surface area contributed by atoms with Crippen molar-refractivity contribution in [3.8, 4) is 0 Å². The Morgan fingerprint density at radius 2 is 1.86 bits per heavy atom. The second-order valence-corrected chi connectivity index (χ2v) is 6.49. The highest BCUT2D eigenvalue weighted by Crippen LogP contribution is 2.24. The van der Waals surface area contributed by atoms with Gasteiger partial charge in [-0.1, -0.05) is 34.1 Å². The van der Waals surface area contributed by atoms with Gasteiger partial charge in [0.15, 0.2) is 0 Å². The summed E-state index contributed by atoms with van der Waals surface area (Å²) in [5, 5.41) is 7.38. The van der Waals surface area contributed by atoms with Gasteiger partial charge in [-0.3, -0.25) is 10.00 Å². The molecule has 1 fully saturated rings. The van der Waals surface area contributed by atoms with Gasteiger partial charge in [0, 0.05) is 37.2 Å². The fourth-order valence-electron chi connectivity index (χ4n) is 3.01. The highest BCUT2D eigenvalue weighted by Gasteiger charge is 2.21. The van der Waals surface area contributed by atoms with Crippen LogP contribution in [0.5, 0.6) is 0 Å². The molecule has 0 saturated carbocycles. The van der Waals surface area contributed by atoms with Crippen LogP contribution in [0.15, 0.2) is 28.7 Å². The van der Waals surface area contributed by atoms with E-state index in [9.17, 15) is 0 Å². The van der Waals surface area contributed by atoms with Gasteiger partial charge in [-0.15, -0.1) is 0 Å². The van der Waals surface area contributed by atoms with Crippen LogP contribution >= 0.6 is 15.9 Å². The van der Waals surface area contributed by atoms with Gasteiger partial charge in [0.1, 0.15) is 0 Å². The molecular weight excluding hydrogens is 328 g/mol. The summed E-state index contributed by atoms with van der Waals surface area (Å²) in [5.74, 6) is 0. The molecule has 1 aliphatic heterocycles. The molecule has 0 unspecified atom stereocenters. The lowest BCUT2D eigenvalue weighted by Crippen LogP contribution is -2.46. The predicted molar refractivity (Wildman–Crippen MR) is 89.7 cm³/mol. The minimum Gasteiger partial charge on any atom is -0.366 e.